The highest BCUT2D eigenvalue weighted by Gasteiger charge is 2.17. The minimum absolute atomic E-state index is 0.632. The number of nitrogens with zero attached hydrogens (tertiary/aromatic N) is 4. The maximum Gasteiger partial charge on any atom is 0.192 e. The van der Waals surface area contributed by atoms with Gasteiger partial charge in [-0.25, -0.2) is 4.98 Å². The molecule has 0 aliphatic rings. The molecule has 8 heteroatoms. The molecule has 1 N–H and O–H groups in total. The van der Waals surface area contributed by atoms with Crippen molar-refractivity contribution in [2.45, 2.75) is 24.4 Å². The zero-order valence-corrected chi connectivity index (χ0v) is 17.0. The van der Waals surface area contributed by atoms with Crippen molar-refractivity contribution < 1.29 is 4.42 Å². The number of benzene rings is 1. The highest BCUT2D eigenvalue weighted by Crippen LogP contribution is 2.30. The molecule has 0 fully saturated rings. The average molecular weight is 410 g/mol. The van der Waals surface area contributed by atoms with Crippen LogP contribution in [0.4, 0.5) is 10.8 Å². The second-order valence-electron chi connectivity index (χ2n) is 6.02. The molecular weight excluding hydrogens is 390 g/mol. The normalized spacial score (nSPS) is 10.9. The van der Waals surface area contributed by atoms with Crippen LogP contribution >= 0.6 is 23.1 Å². The van der Waals surface area contributed by atoms with E-state index in [1.165, 1.54) is 0 Å². The Morgan fingerprint density at radius 3 is 2.86 bits per heavy atom. The van der Waals surface area contributed by atoms with Gasteiger partial charge in [0.05, 0.1) is 17.5 Å². The molecule has 1 aromatic carbocycles. The quantitative estimate of drug-likeness (QED) is 0.305. The molecule has 6 nitrogen and oxygen atoms in total. The summed E-state index contributed by atoms with van der Waals surface area (Å²) in [5.41, 5.74) is 2.98. The van der Waals surface area contributed by atoms with Gasteiger partial charge in [-0.2, -0.15) is 0 Å². The van der Waals surface area contributed by atoms with Crippen LogP contribution in [0.5, 0.6) is 0 Å². The van der Waals surface area contributed by atoms with Crippen LogP contribution in [0.25, 0.3) is 11.4 Å². The third-order valence-corrected chi connectivity index (χ3v) is 5.86. The number of aromatic nitrogens is 4. The predicted octanol–water partition coefficient (Wildman–Crippen LogP) is 5.52. The summed E-state index contributed by atoms with van der Waals surface area (Å²) in [5, 5.41) is 15.8. The summed E-state index contributed by atoms with van der Waals surface area (Å²) in [6, 6.07) is 11.9. The van der Waals surface area contributed by atoms with Crippen molar-refractivity contribution in [2.24, 2.45) is 0 Å². The lowest BCUT2D eigenvalue weighted by Crippen LogP contribution is -2.01. The Morgan fingerprint density at radius 1 is 1.25 bits per heavy atom. The standard InChI is InChI=1S/C20H19N5OS2/c1-3-10-25-18(17-9-11-26-14(17)2)23-24-20(25)28-13-16-12-27-19(22-16)21-15-7-5-4-6-8-15/h3-9,11-12H,1,10,13H2,2H3,(H,21,22). The maximum absolute atomic E-state index is 5.41. The molecule has 0 bridgehead atoms. The van der Waals surface area contributed by atoms with Crippen molar-refractivity contribution in [3.8, 4) is 11.4 Å². The number of hydrogen-bond acceptors (Lipinski definition) is 7. The van der Waals surface area contributed by atoms with Crippen LogP contribution in [-0.2, 0) is 12.3 Å². The molecular formula is C20H19N5OS2. The molecule has 0 radical (unpaired) electrons. The van der Waals surface area contributed by atoms with E-state index < -0.39 is 0 Å². The van der Waals surface area contributed by atoms with E-state index in [1.807, 2.05) is 54.0 Å². The third kappa shape index (κ3) is 4.02. The molecule has 142 valence electrons. The smallest absolute Gasteiger partial charge is 0.192 e. The lowest BCUT2D eigenvalue weighted by atomic mass is 10.2. The molecule has 3 aromatic heterocycles. The van der Waals surface area contributed by atoms with E-state index in [-0.39, 0.29) is 0 Å². The zero-order valence-electron chi connectivity index (χ0n) is 15.3. The molecule has 28 heavy (non-hydrogen) atoms. The van der Waals surface area contributed by atoms with Gasteiger partial charge in [0.25, 0.3) is 0 Å². The van der Waals surface area contributed by atoms with Gasteiger partial charge in [0.1, 0.15) is 5.76 Å². The fourth-order valence-corrected chi connectivity index (χ4v) is 4.40. The first-order valence-corrected chi connectivity index (χ1v) is 10.6. The number of furan rings is 1. The topological polar surface area (TPSA) is 68.8 Å². The van der Waals surface area contributed by atoms with E-state index in [1.54, 1.807) is 29.4 Å². The lowest BCUT2D eigenvalue weighted by Gasteiger charge is -2.06. The molecule has 0 amide bonds. The van der Waals surface area contributed by atoms with Gasteiger partial charge in [-0.05, 0) is 25.1 Å². The highest BCUT2D eigenvalue weighted by molar-refractivity contribution is 7.98. The molecule has 4 aromatic rings. The summed E-state index contributed by atoms with van der Waals surface area (Å²) in [4.78, 5) is 4.66. The number of nitrogens with one attached hydrogen (secondary N) is 1. The zero-order chi connectivity index (χ0) is 19.3. The first-order chi connectivity index (χ1) is 13.7. The summed E-state index contributed by atoms with van der Waals surface area (Å²) in [7, 11) is 0. The van der Waals surface area contributed by atoms with E-state index in [4.69, 9.17) is 4.42 Å². The van der Waals surface area contributed by atoms with Crippen molar-refractivity contribution in [3.63, 3.8) is 0 Å². The largest absolute Gasteiger partial charge is 0.469 e. The monoisotopic (exact) mass is 409 g/mol. The van der Waals surface area contributed by atoms with Crippen molar-refractivity contribution in [3.05, 3.63) is 72.2 Å². The van der Waals surface area contributed by atoms with Crippen molar-refractivity contribution in [2.75, 3.05) is 5.32 Å². The first kappa shape index (κ1) is 18.5. The van der Waals surface area contributed by atoms with E-state index in [9.17, 15) is 0 Å². The number of anilines is 2. The number of thioether (sulfide) groups is 1. The Balaban J connectivity index is 1.47. The number of thiazole rings is 1. The Kier molecular flexibility index (Phi) is 5.59. The number of rotatable bonds is 8. The van der Waals surface area contributed by atoms with E-state index in [0.717, 1.165) is 38.8 Å². The van der Waals surface area contributed by atoms with Gasteiger partial charge in [0.15, 0.2) is 16.1 Å². The second kappa shape index (κ2) is 8.45. The number of aryl methyl sites for hydroxylation is 1. The molecule has 0 saturated carbocycles. The SMILES string of the molecule is C=CCn1c(SCc2csc(Nc3ccccc3)n2)nnc1-c1ccoc1C. The molecule has 0 aliphatic carbocycles. The van der Waals surface area contributed by atoms with Gasteiger partial charge in [-0.3, -0.25) is 4.57 Å². The fraction of sp³-hybridized carbons (Fsp3) is 0.150. The van der Waals surface area contributed by atoms with Gasteiger partial charge in [-0.15, -0.1) is 28.1 Å². The van der Waals surface area contributed by atoms with Gasteiger partial charge in [-0.1, -0.05) is 36.0 Å². The Bertz CT molecular complexity index is 1070. The maximum atomic E-state index is 5.41. The van der Waals surface area contributed by atoms with Crippen LogP contribution in [0, 0.1) is 6.92 Å². The predicted molar refractivity (Wildman–Crippen MR) is 114 cm³/mol. The molecule has 4 rings (SSSR count). The minimum atomic E-state index is 0.632. The van der Waals surface area contributed by atoms with Crippen LogP contribution in [0.2, 0.25) is 0 Å². The number of allylic oxidation sites excluding steroid dienone is 1. The Hall–Kier alpha value is -2.84. The molecule has 3 heterocycles. The van der Waals surface area contributed by atoms with Crippen LogP contribution in [-0.4, -0.2) is 19.7 Å². The summed E-state index contributed by atoms with van der Waals surface area (Å²) in [5.74, 6) is 2.33. The second-order valence-corrected chi connectivity index (χ2v) is 7.82. The number of hydrogen-bond donors (Lipinski definition) is 1. The first-order valence-electron chi connectivity index (χ1n) is 8.72. The fourth-order valence-electron chi connectivity index (χ4n) is 2.72. The van der Waals surface area contributed by atoms with Crippen LogP contribution in [0.3, 0.4) is 0 Å². The molecule has 0 atom stereocenters. The van der Waals surface area contributed by atoms with Crippen LogP contribution < -0.4 is 5.32 Å². The van der Waals surface area contributed by atoms with Crippen molar-refractivity contribution in [1.82, 2.24) is 19.7 Å². The lowest BCUT2D eigenvalue weighted by molar-refractivity contribution is 0.534. The Labute approximate surface area is 171 Å². The van der Waals surface area contributed by atoms with E-state index in [0.29, 0.717) is 12.3 Å². The minimum Gasteiger partial charge on any atom is -0.469 e. The molecule has 0 saturated heterocycles. The Morgan fingerprint density at radius 2 is 2.11 bits per heavy atom. The summed E-state index contributed by atoms with van der Waals surface area (Å²) in [6.45, 7) is 6.41. The van der Waals surface area contributed by atoms with Crippen LogP contribution in [0.1, 0.15) is 11.5 Å². The molecule has 0 spiro atoms. The van der Waals surface area contributed by atoms with E-state index in [2.05, 4.69) is 32.5 Å². The summed E-state index contributed by atoms with van der Waals surface area (Å²) in [6.07, 6.45) is 3.51. The summed E-state index contributed by atoms with van der Waals surface area (Å²) >= 11 is 3.20. The van der Waals surface area contributed by atoms with Crippen LogP contribution in [0.15, 0.2) is 70.3 Å². The van der Waals surface area contributed by atoms with Crippen molar-refractivity contribution >= 4 is 33.9 Å². The molecule has 0 unspecified atom stereocenters. The van der Waals surface area contributed by atoms with Gasteiger partial charge >= 0.3 is 0 Å². The third-order valence-electron chi connectivity index (χ3n) is 4.05. The van der Waals surface area contributed by atoms with Gasteiger partial charge < -0.3 is 9.73 Å². The van der Waals surface area contributed by atoms with E-state index >= 15 is 0 Å². The highest BCUT2D eigenvalue weighted by atomic mass is 32.2. The van der Waals surface area contributed by atoms with Gasteiger partial charge in [0.2, 0.25) is 0 Å². The van der Waals surface area contributed by atoms with Crippen molar-refractivity contribution in [1.29, 1.82) is 0 Å². The average Bonchev–Trinajstić information content (AvgIpc) is 3.42. The molecule has 0 aliphatic heterocycles. The number of para-hydroxylation sites is 1. The summed E-state index contributed by atoms with van der Waals surface area (Å²) < 4.78 is 7.46. The van der Waals surface area contributed by atoms with Gasteiger partial charge in [0, 0.05) is 23.4 Å².